The van der Waals surface area contributed by atoms with Crippen molar-refractivity contribution < 1.29 is 14.3 Å². The Labute approximate surface area is 207 Å². The maximum atomic E-state index is 12.8. The van der Waals surface area contributed by atoms with Gasteiger partial charge >= 0.3 is 0 Å². The highest BCUT2D eigenvalue weighted by Crippen LogP contribution is 2.27. The van der Waals surface area contributed by atoms with E-state index in [9.17, 15) is 4.79 Å². The van der Waals surface area contributed by atoms with Gasteiger partial charge in [0.25, 0.3) is 0 Å². The molecule has 0 saturated heterocycles. The number of carbonyl (C=O) groups is 1. The fraction of sp³-hybridized carbons (Fsp3) is 0.160. The number of hydrogen-bond donors (Lipinski definition) is 1. The van der Waals surface area contributed by atoms with E-state index in [0.29, 0.717) is 27.4 Å². The van der Waals surface area contributed by atoms with Crippen molar-refractivity contribution in [3.8, 4) is 17.2 Å². The number of halogens is 1. The number of carbonyl (C=O) groups excluding carboxylic acids is 1. The van der Waals surface area contributed by atoms with Crippen LogP contribution in [0.15, 0.2) is 84.0 Å². The third-order valence-corrected chi connectivity index (χ3v) is 6.20. The summed E-state index contributed by atoms with van der Waals surface area (Å²) in [6, 6.07) is 24.1. The number of nitrogens with zero attached hydrogens (tertiary/aromatic N) is 3. The molecule has 1 atom stereocenters. The molecular weight excluding hydrogens is 472 g/mol. The Morgan fingerprint density at radius 3 is 2.35 bits per heavy atom. The van der Waals surface area contributed by atoms with Gasteiger partial charge in [0.1, 0.15) is 18.1 Å². The average Bonchev–Trinajstić information content (AvgIpc) is 3.27. The predicted octanol–water partition coefficient (Wildman–Crippen LogP) is 5.63. The van der Waals surface area contributed by atoms with Crippen LogP contribution in [0.3, 0.4) is 0 Å². The molecule has 9 heteroatoms. The monoisotopic (exact) mass is 494 g/mol. The maximum Gasteiger partial charge on any atom is 0.237 e. The minimum atomic E-state index is -0.419. The van der Waals surface area contributed by atoms with E-state index in [1.165, 1.54) is 11.8 Å². The van der Waals surface area contributed by atoms with Gasteiger partial charge in [0, 0.05) is 16.4 Å². The van der Waals surface area contributed by atoms with Crippen LogP contribution in [0.2, 0.25) is 5.02 Å². The summed E-state index contributed by atoms with van der Waals surface area (Å²) in [4.78, 5) is 12.8. The highest BCUT2D eigenvalue weighted by atomic mass is 35.5. The Morgan fingerprint density at radius 1 is 1.00 bits per heavy atom. The van der Waals surface area contributed by atoms with Gasteiger partial charge in [-0.05, 0) is 67.6 Å². The molecule has 1 aromatic heterocycles. The lowest BCUT2D eigenvalue weighted by molar-refractivity contribution is -0.115. The molecule has 4 rings (SSSR count). The smallest absolute Gasteiger partial charge is 0.237 e. The first-order valence-electron chi connectivity index (χ1n) is 10.5. The Balaban J connectivity index is 1.51. The van der Waals surface area contributed by atoms with Crippen molar-refractivity contribution in [2.45, 2.75) is 23.9 Å². The van der Waals surface area contributed by atoms with Gasteiger partial charge < -0.3 is 14.8 Å². The van der Waals surface area contributed by atoms with Crippen LogP contribution in [-0.2, 0) is 11.4 Å². The molecule has 34 heavy (non-hydrogen) atoms. The molecule has 0 unspecified atom stereocenters. The van der Waals surface area contributed by atoms with Crippen LogP contribution < -0.4 is 14.8 Å². The summed E-state index contributed by atoms with van der Waals surface area (Å²) < 4.78 is 13.0. The zero-order valence-corrected chi connectivity index (χ0v) is 20.2. The van der Waals surface area contributed by atoms with Crippen molar-refractivity contribution in [1.82, 2.24) is 14.8 Å². The molecular formula is C25H23ClN4O3S. The van der Waals surface area contributed by atoms with Gasteiger partial charge in [0.2, 0.25) is 5.91 Å². The zero-order valence-electron chi connectivity index (χ0n) is 18.6. The van der Waals surface area contributed by atoms with Crippen LogP contribution in [0, 0.1) is 0 Å². The van der Waals surface area contributed by atoms with Gasteiger partial charge in [-0.2, -0.15) is 0 Å². The molecule has 174 valence electrons. The number of methoxy groups -OCH3 is 1. The Bertz CT molecular complexity index is 1230. The maximum absolute atomic E-state index is 12.8. The molecule has 0 aliphatic heterocycles. The molecule has 4 aromatic rings. The van der Waals surface area contributed by atoms with Gasteiger partial charge in [-0.15, -0.1) is 10.2 Å². The number of rotatable bonds is 9. The van der Waals surface area contributed by atoms with Crippen molar-refractivity contribution in [2.24, 2.45) is 0 Å². The Morgan fingerprint density at radius 2 is 1.68 bits per heavy atom. The van der Waals surface area contributed by atoms with Crippen LogP contribution in [0.1, 0.15) is 12.7 Å². The number of ether oxygens (including phenoxy) is 2. The second-order valence-corrected chi connectivity index (χ2v) is 9.03. The predicted molar refractivity (Wildman–Crippen MR) is 134 cm³/mol. The highest BCUT2D eigenvalue weighted by Gasteiger charge is 2.21. The number of amides is 1. The van der Waals surface area contributed by atoms with Crippen molar-refractivity contribution in [3.63, 3.8) is 0 Å². The number of benzene rings is 3. The lowest BCUT2D eigenvalue weighted by atomic mass is 10.3. The molecule has 1 N–H and O–H groups in total. The fourth-order valence-electron chi connectivity index (χ4n) is 3.12. The van der Waals surface area contributed by atoms with Gasteiger partial charge in [-0.25, -0.2) is 0 Å². The molecule has 7 nitrogen and oxygen atoms in total. The summed E-state index contributed by atoms with van der Waals surface area (Å²) in [7, 11) is 1.62. The quantitative estimate of drug-likeness (QED) is 0.304. The first-order valence-corrected chi connectivity index (χ1v) is 11.8. The summed E-state index contributed by atoms with van der Waals surface area (Å²) in [5, 5.41) is 12.4. The van der Waals surface area contributed by atoms with Gasteiger partial charge in [-0.3, -0.25) is 9.36 Å². The minimum absolute atomic E-state index is 0.147. The van der Waals surface area contributed by atoms with Crippen LogP contribution >= 0.6 is 23.4 Å². The Kier molecular flexibility index (Phi) is 7.72. The van der Waals surface area contributed by atoms with Crippen LogP contribution in [0.5, 0.6) is 11.5 Å². The fourth-order valence-corrected chi connectivity index (χ4v) is 4.13. The number of thioether (sulfide) groups is 1. The number of anilines is 1. The zero-order chi connectivity index (χ0) is 23.9. The summed E-state index contributed by atoms with van der Waals surface area (Å²) >= 11 is 7.25. The third kappa shape index (κ3) is 5.89. The van der Waals surface area contributed by atoms with E-state index < -0.39 is 5.25 Å². The molecule has 0 fully saturated rings. The van der Waals surface area contributed by atoms with E-state index in [2.05, 4.69) is 15.5 Å². The number of aromatic nitrogens is 3. The average molecular weight is 495 g/mol. The van der Waals surface area contributed by atoms with E-state index in [1.54, 1.807) is 31.4 Å². The largest absolute Gasteiger partial charge is 0.497 e. The molecule has 0 bridgehead atoms. The third-order valence-electron chi connectivity index (χ3n) is 4.91. The van der Waals surface area contributed by atoms with Crippen LogP contribution in [0.4, 0.5) is 5.69 Å². The highest BCUT2D eigenvalue weighted by molar-refractivity contribution is 8.00. The van der Waals surface area contributed by atoms with Gasteiger partial charge in [-0.1, -0.05) is 41.6 Å². The lowest BCUT2D eigenvalue weighted by Gasteiger charge is -2.14. The normalized spacial score (nSPS) is 11.6. The molecule has 3 aromatic carbocycles. The van der Waals surface area contributed by atoms with Gasteiger partial charge in [0.05, 0.1) is 12.4 Å². The molecule has 1 amide bonds. The van der Waals surface area contributed by atoms with Gasteiger partial charge in [0.15, 0.2) is 11.0 Å². The first kappa shape index (κ1) is 23.7. The Hall–Kier alpha value is -3.49. The molecule has 0 aliphatic rings. The summed E-state index contributed by atoms with van der Waals surface area (Å²) in [6.07, 6.45) is 0. The second-order valence-electron chi connectivity index (χ2n) is 7.29. The summed E-state index contributed by atoms with van der Waals surface area (Å²) in [5.41, 5.74) is 1.56. The molecule has 0 radical (unpaired) electrons. The van der Waals surface area contributed by atoms with E-state index in [4.69, 9.17) is 21.1 Å². The summed E-state index contributed by atoms with van der Waals surface area (Å²) in [5.74, 6) is 1.92. The standard InChI is InChI=1S/C25H23ClN4O3S/c1-17(24(31)27-19-10-8-18(26)9-11-19)34-25-29-28-23(30(25)20-6-4-3-5-7-20)16-33-22-14-12-21(32-2)13-15-22/h3-15,17H,16H2,1-2H3,(H,27,31)/t17-/m0/s1. The van der Waals surface area contributed by atoms with Crippen molar-refractivity contribution in [1.29, 1.82) is 0 Å². The number of para-hydroxylation sites is 1. The van der Waals surface area contributed by atoms with E-state index in [-0.39, 0.29) is 12.5 Å². The topological polar surface area (TPSA) is 78.3 Å². The molecule has 0 saturated carbocycles. The van der Waals surface area contributed by atoms with E-state index >= 15 is 0 Å². The van der Waals surface area contributed by atoms with Crippen LogP contribution in [-0.4, -0.2) is 33.0 Å². The molecule has 0 aliphatic carbocycles. The minimum Gasteiger partial charge on any atom is -0.497 e. The first-order chi connectivity index (χ1) is 16.5. The lowest BCUT2D eigenvalue weighted by Crippen LogP contribution is -2.23. The van der Waals surface area contributed by atoms with Crippen molar-refractivity contribution in [3.05, 3.63) is 89.7 Å². The molecule has 0 spiro atoms. The van der Waals surface area contributed by atoms with E-state index in [0.717, 1.165) is 11.4 Å². The van der Waals surface area contributed by atoms with Crippen molar-refractivity contribution >= 4 is 35.0 Å². The molecule has 1 heterocycles. The number of nitrogens with one attached hydrogen (secondary N) is 1. The SMILES string of the molecule is COc1ccc(OCc2nnc(S[C@@H](C)C(=O)Nc3ccc(Cl)cc3)n2-c2ccccc2)cc1. The van der Waals surface area contributed by atoms with Crippen molar-refractivity contribution in [2.75, 3.05) is 12.4 Å². The number of hydrogen-bond acceptors (Lipinski definition) is 6. The van der Waals surface area contributed by atoms with Crippen LogP contribution in [0.25, 0.3) is 5.69 Å². The van der Waals surface area contributed by atoms with E-state index in [1.807, 2.05) is 66.1 Å². The second kappa shape index (κ2) is 11.1. The summed E-state index contributed by atoms with van der Waals surface area (Å²) in [6.45, 7) is 2.04.